The van der Waals surface area contributed by atoms with Gasteiger partial charge in [-0.15, -0.1) is 18.0 Å². The first kappa shape index (κ1) is 10.8. The first-order valence-electron chi connectivity index (χ1n) is 3.04. The Morgan fingerprint density at radius 2 is 2.27 bits per heavy atom. The summed E-state index contributed by atoms with van der Waals surface area (Å²) in [5, 5.41) is 0. The van der Waals surface area contributed by atoms with E-state index in [1.54, 1.807) is 6.92 Å². The van der Waals surface area contributed by atoms with Gasteiger partial charge in [0.2, 0.25) is 10.0 Å². The molecule has 5 heteroatoms. The van der Waals surface area contributed by atoms with Crippen LogP contribution in [0.3, 0.4) is 0 Å². The molecule has 0 heterocycles. The van der Waals surface area contributed by atoms with Gasteiger partial charge in [-0.05, 0) is 6.92 Å². The van der Waals surface area contributed by atoms with Crippen molar-refractivity contribution in [2.75, 3.05) is 11.6 Å². The Balaban J connectivity index is 4.05. The van der Waals surface area contributed by atoms with Crippen molar-refractivity contribution in [3.8, 4) is 12.3 Å². The van der Waals surface area contributed by atoms with Crippen LogP contribution in [-0.2, 0) is 10.0 Å². The van der Waals surface area contributed by atoms with Crippen LogP contribution in [0.15, 0.2) is 0 Å². The van der Waals surface area contributed by atoms with Gasteiger partial charge in [-0.25, -0.2) is 13.1 Å². The van der Waals surface area contributed by atoms with Gasteiger partial charge in [-0.1, -0.05) is 5.92 Å². The minimum atomic E-state index is -3.27. The number of sulfonamides is 1. The smallest absolute Gasteiger partial charge is 0.212 e. The molecule has 0 saturated heterocycles. The van der Waals surface area contributed by atoms with Crippen LogP contribution in [0.4, 0.5) is 0 Å². The largest absolute Gasteiger partial charge is 0.213 e. The Hall–Kier alpha value is -0.240. The van der Waals surface area contributed by atoms with Crippen LogP contribution in [0.25, 0.3) is 0 Å². The number of rotatable bonds is 4. The van der Waals surface area contributed by atoms with Gasteiger partial charge in [0, 0.05) is 5.88 Å². The van der Waals surface area contributed by atoms with E-state index in [1.165, 1.54) is 0 Å². The highest BCUT2D eigenvalue weighted by Crippen LogP contribution is 1.89. The zero-order chi connectivity index (χ0) is 8.91. The number of nitrogens with one attached hydrogen (secondary N) is 1. The van der Waals surface area contributed by atoms with Crippen LogP contribution in [0.1, 0.15) is 6.92 Å². The molecule has 11 heavy (non-hydrogen) atoms. The van der Waals surface area contributed by atoms with Gasteiger partial charge in [-0.2, -0.15) is 0 Å². The second-order valence-corrected chi connectivity index (χ2v) is 4.27. The zero-order valence-corrected chi connectivity index (χ0v) is 7.74. The van der Waals surface area contributed by atoms with Crippen molar-refractivity contribution in [3.05, 3.63) is 0 Å². The molecule has 0 aromatic rings. The minimum absolute atomic E-state index is 0.0760. The van der Waals surface area contributed by atoms with E-state index < -0.39 is 16.1 Å². The SMILES string of the molecule is C#CC(C)NS(=O)(=O)CCCl. The van der Waals surface area contributed by atoms with Crippen LogP contribution < -0.4 is 4.72 Å². The van der Waals surface area contributed by atoms with Gasteiger partial charge in [0.05, 0.1) is 11.8 Å². The molecular formula is C6H10ClNO2S. The normalized spacial score (nSPS) is 13.9. The molecule has 0 spiro atoms. The van der Waals surface area contributed by atoms with E-state index in [2.05, 4.69) is 10.6 Å². The van der Waals surface area contributed by atoms with E-state index in [0.29, 0.717) is 0 Å². The van der Waals surface area contributed by atoms with Crippen molar-refractivity contribution in [2.45, 2.75) is 13.0 Å². The molecule has 3 nitrogen and oxygen atoms in total. The summed E-state index contributed by atoms with van der Waals surface area (Å²) < 4.78 is 24.1. The predicted octanol–water partition coefficient (Wildman–Crippen LogP) is 0.166. The summed E-state index contributed by atoms with van der Waals surface area (Å²) in [6.45, 7) is 1.59. The van der Waals surface area contributed by atoms with Crippen molar-refractivity contribution >= 4 is 21.6 Å². The van der Waals surface area contributed by atoms with Crippen LogP contribution in [0, 0.1) is 12.3 Å². The predicted molar refractivity (Wildman–Crippen MR) is 45.9 cm³/mol. The summed E-state index contributed by atoms with van der Waals surface area (Å²) in [6.07, 6.45) is 4.97. The quantitative estimate of drug-likeness (QED) is 0.514. The lowest BCUT2D eigenvalue weighted by Gasteiger charge is -2.06. The Labute approximate surface area is 72.2 Å². The van der Waals surface area contributed by atoms with Gasteiger partial charge in [0.1, 0.15) is 0 Å². The number of hydrogen-bond donors (Lipinski definition) is 1. The molecule has 0 amide bonds. The van der Waals surface area contributed by atoms with Crippen molar-refractivity contribution < 1.29 is 8.42 Å². The third-order valence-electron chi connectivity index (χ3n) is 0.952. The van der Waals surface area contributed by atoms with Crippen LogP contribution in [0.5, 0.6) is 0 Å². The maximum atomic E-state index is 10.9. The van der Waals surface area contributed by atoms with Crippen LogP contribution in [-0.4, -0.2) is 26.1 Å². The molecule has 1 N–H and O–H groups in total. The highest BCUT2D eigenvalue weighted by molar-refractivity contribution is 7.89. The van der Waals surface area contributed by atoms with Gasteiger partial charge in [-0.3, -0.25) is 0 Å². The third kappa shape index (κ3) is 5.08. The Morgan fingerprint density at radius 1 is 1.73 bits per heavy atom. The van der Waals surface area contributed by atoms with Gasteiger partial charge >= 0.3 is 0 Å². The van der Waals surface area contributed by atoms with E-state index in [4.69, 9.17) is 18.0 Å². The van der Waals surface area contributed by atoms with E-state index in [0.717, 1.165) is 0 Å². The second-order valence-electron chi connectivity index (χ2n) is 2.01. The van der Waals surface area contributed by atoms with Crippen molar-refractivity contribution in [1.82, 2.24) is 4.72 Å². The standard InChI is InChI=1S/C6H10ClNO2S/c1-3-6(2)8-11(9,10)5-4-7/h1,6,8H,4-5H2,2H3. The molecule has 0 aliphatic rings. The summed E-state index contributed by atoms with van der Waals surface area (Å²) in [7, 11) is -3.27. The Morgan fingerprint density at radius 3 is 2.64 bits per heavy atom. The third-order valence-corrected chi connectivity index (χ3v) is 2.82. The van der Waals surface area contributed by atoms with Crippen LogP contribution >= 0.6 is 11.6 Å². The van der Waals surface area contributed by atoms with E-state index >= 15 is 0 Å². The summed E-state index contributed by atoms with van der Waals surface area (Å²) in [6, 6.07) is -0.469. The number of halogens is 1. The molecule has 0 saturated carbocycles. The maximum absolute atomic E-state index is 10.9. The summed E-state index contributed by atoms with van der Waals surface area (Å²) in [4.78, 5) is 0. The maximum Gasteiger partial charge on any atom is 0.213 e. The zero-order valence-electron chi connectivity index (χ0n) is 6.17. The molecule has 64 valence electrons. The molecular weight excluding hydrogens is 186 g/mol. The van der Waals surface area contributed by atoms with Gasteiger partial charge in [0.15, 0.2) is 0 Å². The fourth-order valence-electron chi connectivity index (χ4n) is 0.464. The molecule has 0 bridgehead atoms. The average Bonchev–Trinajstić information content (AvgIpc) is 1.86. The molecule has 0 aromatic carbocycles. The lowest BCUT2D eigenvalue weighted by molar-refractivity contribution is 0.579. The number of hydrogen-bond acceptors (Lipinski definition) is 2. The van der Waals surface area contributed by atoms with Crippen molar-refractivity contribution in [2.24, 2.45) is 0 Å². The molecule has 0 aliphatic carbocycles. The molecule has 0 radical (unpaired) electrons. The first-order chi connectivity index (χ1) is 5.02. The fraction of sp³-hybridized carbons (Fsp3) is 0.667. The average molecular weight is 196 g/mol. The van der Waals surface area contributed by atoms with Crippen molar-refractivity contribution in [3.63, 3.8) is 0 Å². The van der Waals surface area contributed by atoms with E-state index in [9.17, 15) is 8.42 Å². The molecule has 0 rings (SSSR count). The molecule has 0 fully saturated rings. The molecule has 0 aromatic heterocycles. The van der Waals surface area contributed by atoms with E-state index in [-0.39, 0.29) is 11.6 Å². The Bertz CT molecular complexity index is 242. The minimum Gasteiger partial charge on any atom is -0.212 e. The number of terminal acetylenes is 1. The molecule has 0 aliphatic heterocycles. The topological polar surface area (TPSA) is 46.2 Å². The summed E-state index contributed by atoms with van der Waals surface area (Å²) in [5.41, 5.74) is 0. The fourth-order valence-corrected chi connectivity index (χ4v) is 2.00. The van der Waals surface area contributed by atoms with Gasteiger partial charge in [0.25, 0.3) is 0 Å². The van der Waals surface area contributed by atoms with Crippen molar-refractivity contribution in [1.29, 1.82) is 0 Å². The molecule has 1 atom stereocenters. The summed E-state index contributed by atoms with van der Waals surface area (Å²) in [5.74, 6) is 2.23. The first-order valence-corrected chi connectivity index (χ1v) is 5.22. The van der Waals surface area contributed by atoms with Gasteiger partial charge < -0.3 is 0 Å². The lowest BCUT2D eigenvalue weighted by atomic mass is 10.4. The number of alkyl halides is 1. The molecule has 1 unspecified atom stereocenters. The summed E-state index contributed by atoms with van der Waals surface area (Å²) >= 11 is 5.24. The van der Waals surface area contributed by atoms with Crippen LogP contribution in [0.2, 0.25) is 0 Å². The Kier molecular flexibility index (Phi) is 4.50. The van der Waals surface area contributed by atoms with E-state index in [1.807, 2.05) is 0 Å². The highest BCUT2D eigenvalue weighted by atomic mass is 35.5. The highest BCUT2D eigenvalue weighted by Gasteiger charge is 2.10. The second kappa shape index (κ2) is 4.60. The monoisotopic (exact) mass is 195 g/mol. The lowest BCUT2D eigenvalue weighted by Crippen LogP contribution is -2.33.